The Kier molecular flexibility index (Phi) is 4.49. The third kappa shape index (κ3) is 4.08. The second-order valence-corrected chi connectivity index (χ2v) is 7.85. The van der Waals surface area contributed by atoms with Gasteiger partial charge in [0.25, 0.3) is 20.2 Å². The third-order valence-corrected chi connectivity index (χ3v) is 4.92. The highest BCUT2D eigenvalue weighted by atomic mass is 32.2. The summed E-state index contributed by atoms with van der Waals surface area (Å²) in [7, 11) is -9.01. The monoisotopic (exact) mass is 357 g/mol. The summed E-state index contributed by atoms with van der Waals surface area (Å²) < 4.78 is 64.4. The number of anilines is 2. The van der Waals surface area contributed by atoms with Crippen LogP contribution in [-0.4, -0.2) is 25.9 Å². The Morgan fingerprint density at radius 1 is 0.739 bits per heavy atom. The smallest absolute Gasteiger partial charge is 0.296 e. The van der Waals surface area contributed by atoms with Crippen LogP contribution in [0.25, 0.3) is 0 Å². The van der Waals surface area contributed by atoms with E-state index < -0.39 is 30.0 Å². The van der Waals surface area contributed by atoms with Crippen LogP contribution in [0.1, 0.15) is 11.1 Å². The van der Waals surface area contributed by atoms with Crippen molar-refractivity contribution in [1.29, 1.82) is 0 Å². The summed E-state index contributed by atoms with van der Waals surface area (Å²) in [6, 6.07) is 8.28. The molecule has 0 heterocycles. The van der Waals surface area contributed by atoms with Gasteiger partial charge in [0, 0.05) is 0 Å². The first-order valence-electron chi connectivity index (χ1n) is 6.42. The third-order valence-electron chi connectivity index (χ3n) is 3.10. The standard InChI is InChI=1S/C14H15NO6S2/c1-9-3-5-13(22(16,17)18)11(7-9)15-12-8-10(2)4-6-14(12)23(19,20)21/h3-8,15H,1-2H3,(H,16,17,18)(H,19,20,21). The van der Waals surface area contributed by atoms with E-state index in [1.54, 1.807) is 13.8 Å². The number of hydrogen-bond donors (Lipinski definition) is 3. The molecule has 9 heteroatoms. The van der Waals surface area contributed by atoms with Crippen LogP contribution in [0.15, 0.2) is 46.2 Å². The molecular formula is C14H15NO6S2. The summed E-state index contributed by atoms with van der Waals surface area (Å²) in [5.41, 5.74) is 1.40. The molecule has 0 spiro atoms. The molecule has 0 fully saturated rings. The van der Waals surface area contributed by atoms with E-state index in [0.717, 1.165) is 0 Å². The Morgan fingerprint density at radius 3 is 1.39 bits per heavy atom. The van der Waals surface area contributed by atoms with Crippen molar-refractivity contribution >= 4 is 31.6 Å². The molecule has 0 saturated carbocycles. The number of rotatable bonds is 4. The minimum absolute atomic E-state index is 0.00278. The molecule has 0 unspecified atom stereocenters. The number of nitrogens with one attached hydrogen (secondary N) is 1. The molecule has 7 nitrogen and oxygen atoms in total. The average Bonchev–Trinajstić information content (AvgIpc) is 2.35. The van der Waals surface area contributed by atoms with Gasteiger partial charge in [-0.25, -0.2) is 0 Å². The van der Waals surface area contributed by atoms with Gasteiger partial charge in [-0.1, -0.05) is 12.1 Å². The van der Waals surface area contributed by atoms with Crippen molar-refractivity contribution in [2.75, 3.05) is 5.32 Å². The maximum absolute atomic E-state index is 11.5. The van der Waals surface area contributed by atoms with Crippen LogP contribution in [-0.2, 0) is 20.2 Å². The molecule has 0 bridgehead atoms. The molecule has 0 aliphatic heterocycles. The molecule has 3 N–H and O–H groups in total. The number of hydrogen-bond acceptors (Lipinski definition) is 5. The second kappa shape index (κ2) is 5.93. The summed E-state index contributed by atoms with van der Waals surface area (Å²) in [5, 5.41) is 2.66. The zero-order chi connectivity index (χ0) is 17.4. The van der Waals surface area contributed by atoms with Crippen molar-refractivity contribution in [3.05, 3.63) is 47.5 Å². The maximum atomic E-state index is 11.5. The lowest BCUT2D eigenvalue weighted by Crippen LogP contribution is -2.07. The van der Waals surface area contributed by atoms with Gasteiger partial charge in [-0.2, -0.15) is 16.8 Å². The van der Waals surface area contributed by atoms with Gasteiger partial charge in [-0.3, -0.25) is 9.11 Å². The average molecular weight is 357 g/mol. The van der Waals surface area contributed by atoms with E-state index in [0.29, 0.717) is 11.1 Å². The molecule has 2 aromatic carbocycles. The number of benzene rings is 2. The zero-order valence-electron chi connectivity index (χ0n) is 12.3. The molecule has 0 aliphatic rings. The van der Waals surface area contributed by atoms with Gasteiger partial charge in [-0.05, 0) is 49.2 Å². The van der Waals surface area contributed by atoms with Crippen LogP contribution in [0.5, 0.6) is 0 Å². The minimum Gasteiger partial charge on any atom is -0.353 e. The predicted molar refractivity (Wildman–Crippen MR) is 85.3 cm³/mol. The van der Waals surface area contributed by atoms with Crippen molar-refractivity contribution in [1.82, 2.24) is 0 Å². The van der Waals surface area contributed by atoms with Crippen molar-refractivity contribution in [3.63, 3.8) is 0 Å². The largest absolute Gasteiger partial charge is 0.353 e. The SMILES string of the molecule is Cc1ccc(S(=O)(=O)O)c(Nc2cc(C)ccc2S(=O)(=O)O)c1. The van der Waals surface area contributed by atoms with Crippen LogP contribution >= 0.6 is 0 Å². The van der Waals surface area contributed by atoms with Crippen LogP contribution in [0.2, 0.25) is 0 Å². The summed E-state index contributed by atoms with van der Waals surface area (Å²) in [4.78, 5) is -0.795. The van der Waals surface area contributed by atoms with E-state index in [1.165, 1.54) is 36.4 Å². The minimum atomic E-state index is -4.50. The fourth-order valence-corrected chi connectivity index (χ4v) is 3.33. The Bertz CT molecular complexity index is 885. The van der Waals surface area contributed by atoms with Crippen molar-refractivity contribution in [3.8, 4) is 0 Å². The molecule has 124 valence electrons. The zero-order valence-corrected chi connectivity index (χ0v) is 13.9. The van der Waals surface area contributed by atoms with Crippen LogP contribution in [0.4, 0.5) is 11.4 Å². The molecule has 0 radical (unpaired) electrons. The highest BCUT2D eigenvalue weighted by molar-refractivity contribution is 7.86. The van der Waals surface area contributed by atoms with Gasteiger partial charge in [0.1, 0.15) is 9.79 Å². The quantitative estimate of drug-likeness (QED) is 0.719. The highest BCUT2D eigenvalue weighted by Gasteiger charge is 2.20. The van der Waals surface area contributed by atoms with Gasteiger partial charge in [0.15, 0.2) is 0 Å². The molecule has 2 aromatic rings. The van der Waals surface area contributed by atoms with Crippen molar-refractivity contribution in [2.24, 2.45) is 0 Å². The first-order valence-corrected chi connectivity index (χ1v) is 9.30. The number of aryl methyl sites for hydroxylation is 2. The molecule has 0 saturated heterocycles. The molecule has 23 heavy (non-hydrogen) atoms. The molecule has 0 aromatic heterocycles. The fraction of sp³-hybridized carbons (Fsp3) is 0.143. The molecule has 0 atom stereocenters. The lowest BCUT2D eigenvalue weighted by molar-refractivity contribution is 0.482. The summed E-state index contributed by atoms with van der Waals surface area (Å²) in [6.07, 6.45) is 0. The second-order valence-electron chi connectivity index (χ2n) is 5.07. The Labute approximate surface area is 134 Å². The van der Waals surface area contributed by atoms with E-state index in [2.05, 4.69) is 5.32 Å². The van der Waals surface area contributed by atoms with E-state index in [-0.39, 0.29) is 11.4 Å². The molecule has 0 aliphatic carbocycles. The Hall–Kier alpha value is -1.94. The van der Waals surface area contributed by atoms with E-state index in [9.17, 15) is 25.9 Å². The van der Waals surface area contributed by atoms with E-state index >= 15 is 0 Å². The normalized spacial score (nSPS) is 12.2. The predicted octanol–water partition coefficient (Wildman–Crippen LogP) is 2.54. The molecule has 2 rings (SSSR count). The van der Waals surface area contributed by atoms with Gasteiger partial charge in [0.05, 0.1) is 11.4 Å². The summed E-state index contributed by atoms with van der Waals surface area (Å²) in [6.45, 7) is 3.41. The fourth-order valence-electron chi connectivity index (χ4n) is 2.08. The van der Waals surface area contributed by atoms with Crippen molar-refractivity contribution in [2.45, 2.75) is 23.6 Å². The van der Waals surface area contributed by atoms with Gasteiger partial charge < -0.3 is 5.32 Å². The maximum Gasteiger partial charge on any atom is 0.296 e. The van der Waals surface area contributed by atoms with Gasteiger partial charge in [0.2, 0.25) is 0 Å². The summed E-state index contributed by atoms with van der Waals surface area (Å²) in [5.74, 6) is 0. The van der Waals surface area contributed by atoms with E-state index in [1.807, 2.05) is 0 Å². The Morgan fingerprint density at radius 2 is 1.09 bits per heavy atom. The van der Waals surface area contributed by atoms with E-state index in [4.69, 9.17) is 0 Å². The van der Waals surface area contributed by atoms with Crippen LogP contribution in [0.3, 0.4) is 0 Å². The van der Waals surface area contributed by atoms with Gasteiger partial charge >= 0.3 is 0 Å². The van der Waals surface area contributed by atoms with Crippen LogP contribution < -0.4 is 5.32 Å². The molecule has 0 amide bonds. The lowest BCUT2D eigenvalue weighted by atomic mass is 10.2. The first-order chi connectivity index (χ1) is 10.5. The topological polar surface area (TPSA) is 121 Å². The first kappa shape index (κ1) is 17.4. The van der Waals surface area contributed by atoms with Crippen molar-refractivity contribution < 1.29 is 25.9 Å². The summed E-state index contributed by atoms with van der Waals surface area (Å²) >= 11 is 0. The molecular weight excluding hydrogens is 342 g/mol. The Balaban J connectivity index is 2.65. The van der Waals surface area contributed by atoms with Crippen LogP contribution in [0, 0.1) is 13.8 Å². The van der Waals surface area contributed by atoms with Gasteiger partial charge in [-0.15, -0.1) is 0 Å². The highest BCUT2D eigenvalue weighted by Crippen LogP contribution is 2.30. The lowest BCUT2D eigenvalue weighted by Gasteiger charge is -2.14.